The topological polar surface area (TPSA) is 54.8 Å². The summed E-state index contributed by atoms with van der Waals surface area (Å²) < 4.78 is 46.8. The van der Waals surface area contributed by atoms with E-state index < -0.39 is 22.7 Å². The van der Waals surface area contributed by atoms with E-state index in [0.29, 0.717) is 24.6 Å². The molecule has 0 radical (unpaired) electrons. The van der Waals surface area contributed by atoms with Crippen molar-refractivity contribution in [3.8, 4) is 0 Å². The summed E-state index contributed by atoms with van der Waals surface area (Å²) in [5.74, 6) is 0.550. The van der Waals surface area contributed by atoms with Crippen LogP contribution >= 0.6 is 0 Å². The summed E-state index contributed by atoms with van der Waals surface area (Å²) in [6.45, 7) is 8.44. The predicted molar refractivity (Wildman–Crippen MR) is 122 cm³/mol. The Morgan fingerprint density at radius 1 is 1.24 bits per heavy atom. The summed E-state index contributed by atoms with van der Waals surface area (Å²) in [6.07, 6.45) is -1.18. The lowest BCUT2D eigenvalue weighted by Crippen LogP contribution is -2.51. The van der Waals surface area contributed by atoms with Crippen LogP contribution in [0.1, 0.15) is 57.7 Å². The smallest absolute Gasteiger partial charge is 0.381 e. The molecule has 1 aliphatic carbocycles. The number of nitrogens with zero attached hydrogens (tertiary/aromatic N) is 3. The molecule has 34 heavy (non-hydrogen) atoms. The highest BCUT2D eigenvalue weighted by atomic mass is 19.4. The third kappa shape index (κ3) is 4.53. The molecule has 1 amide bonds. The van der Waals surface area contributed by atoms with E-state index in [1.54, 1.807) is 4.90 Å². The summed E-state index contributed by atoms with van der Waals surface area (Å²) in [4.78, 5) is 30.3. The van der Waals surface area contributed by atoms with Crippen molar-refractivity contribution in [2.45, 2.75) is 77.8 Å². The molecule has 6 nitrogen and oxygen atoms in total. The van der Waals surface area contributed by atoms with E-state index in [1.807, 2.05) is 0 Å². The number of carbonyl (C=O) groups is 1. The van der Waals surface area contributed by atoms with Crippen LogP contribution in [0.3, 0.4) is 0 Å². The van der Waals surface area contributed by atoms with Crippen molar-refractivity contribution >= 4 is 5.91 Å². The SMILES string of the molecule is CC(C)[C@]1(C(=O)N2CCn3c(cc(C(F)(F)F)cc3=O)C2)CCC(N(C)[C@H]2CCOC[C@H]2C)C1. The van der Waals surface area contributed by atoms with E-state index in [4.69, 9.17) is 4.74 Å². The molecule has 1 saturated heterocycles. The molecule has 3 aliphatic rings. The highest BCUT2D eigenvalue weighted by molar-refractivity contribution is 5.83. The molecular formula is C25H36F3N3O3. The molecule has 2 fully saturated rings. The number of hydrogen-bond donors (Lipinski definition) is 0. The van der Waals surface area contributed by atoms with Crippen LogP contribution in [-0.2, 0) is 28.8 Å². The second-order valence-corrected chi connectivity index (χ2v) is 10.7. The maximum Gasteiger partial charge on any atom is 0.416 e. The molecule has 1 unspecified atom stereocenters. The fraction of sp³-hybridized carbons (Fsp3) is 0.760. The quantitative estimate of drug-likeness (QED) is 0.655. The molecule has 2 aliphatic heterocycles. The van der Waals surface area contributed by atoms with Gasteiger partial charge in [-0.1, -0.05) is 20.8 Å². The van der Waals surface area contributed by atoms with Crippen LogP contribution in [0.5, 0.6) is 0 Å². The van der Waals surface area contributed by atoms with E-state index in [2.05, 4.69) is 32.7 Å². The summed E-state index contributed by atoms with van der Waals surface area (Å²) in [7, 11) is 2.15. The van der Waals surface area contributed by atoms with Crippen molar-refractivity contribution in [2.24, 2.45) is 17.3 Å². The molecule has 3 heterocycles. The fourth-order valence-corrected chi connectivity index (χ4v) is 6.29. The minimum atomic E-state index is -4.59. The molecule has 4 rings (SSSR count). The van der Waals surface area contributed by atoms with Gasteiger partial charge >= 0.3 is 6.18 Å². The molecule has 0 bridgehead atoms. The Morgan fingerprint density at radius 3 is 2.62 bits per heavy atom. The third-order valence-corrected chi connectivity index (χ3v) is 8.52. The van der Waals surface area contributed by atoms with Gasteiger partial charge in [-0.05, 0) is 50.6 Å². The zero-order chi connectivity index (χ0) is 24.8. The molecule has 190 valence electrons. The van der Waals surface area contributed by atoms with Crippen LogP contribution in [0.15, 0.2) is 16.9 Å². The van der Waals surface area contributed by atoms with Gasteiger partial charge in [0.05, 0.1) is 24.1 Å². The number of rotatable bonds is 4. The number of ether oxygens (including phenoxy) is 1. The molecule has 9 heteroatoms. The minimum absolute atomic E-state index is 0.00883. The van der Waals surface area contributed by atoms with Gasteiger partial charge in [0.15, 0.2) is 0 Å². The third-order valence-electron chi connectivity index (χ3n) is 8.52. The lowest BCUT2D eigenvalue weighted by Gasteiger charge is -2.42. The van der Waals surface area contributed by atoms with Crippen molar-refractivity contribution in [1.82, 2.24) is 14.4 Å². The zero-order valence-corrected chi connectivity index (χ0v) is 20.5. The summed E-state index contributed by atoms with van der Waals surface area (Å²) in [6, 6.07) is 2.37. The van der Waals surface area contributed by atoms with Crippen molar-refractivity contribution in [3.05, 3.63) is 33.7 Å². The van der Waals surface area contributed by atoms with E-state index in [9.17, 15) is 22.8 Å². The second-order valence-electron chi connectivity index (χ2n) is 10.7. The first-order valence-electron chi connectivity index (χ1n) is 12.3. The average Bonchev–Trinajstić information content (AvgIpc) is 3.24. The van der Waals surface area contributed by atoms with Gasteiger partial charge < -0.3 is 14.2 Å². The van der Waals surface area contributed by atoms with Crippen molar-refractivity contribution in [3.63, 3.8) is 0 Å². The van der Waals surface area contributed by atoms with Gasteiger partial charge in [0, 0.05) is 43.5 Å². The molecule has 0 N–H and O–H groups in total. The maximum absolute atomic E-state index is 13.9. The fourth-order valence-electron chi connectivity index (χ4n) is 6.29. The molecule has 0 aromatic carbocycles. The Balaban J connectivity index is 1.54. The Labute approximate surface area is 199 Å². The highest BCUT2D eigenvalue weighted by Crippen LogP contribution is 2.48. The number of fused-ring (bicyclic) bond motifs is 1. The normalized spacial score (nSPS) is 30.1. The van der Waals surface area contributed by atoms with E-state index in [0.717, 1.165) is 45.0 Å². The first-order valence-corrected chi connectivity index (χ1v) is 12.3. The van der Waals surface area contributed by atoms with Crippen LogP contribution in [-0.4, -0.2) is 59.2 Å². The average molecular weight is 484 g/mol. The van der Waals surface area contributed by atoms with E-state index >= 15 is 0 Å². The van der Waals surface area contributed by atoms with E-state index in [1.165, 1.54) is 4.57 Å². The largest absolute Gasteiger partial charge is 0.416 e. The van der Waals surface area contributed by atoms with Crippen LogP contribution in [0.4, 0.5) is 13.2 Å². The van der Waals surface area contributed by atoms with Gasteiger partial charge in [0.25, 0.3) is 5.56 Å². The van der Waals surface area contributed by atoms with Gasteiger partial charge in [-0.2, -0.15) is 13.2 Å². The van der Waals surface area contributed by atoms with Crippen molar-refractivity contribution in [2.75, 3.05) is 26.8 Å². The molecule has 1 aromatic rings. The number of alkyl halides is 3. The number of hydrogen-bond acceptors (Lipinski definition) is 4. The highest BCUT2D eigenvalue weighted by Gasteiger charge is 2.51. The predicted octanol–water partition coefficient (Wildman–Crippen LogP) is 3.76. The van der Waals surface area contributed by atoms with Crippen LogP contribution in [0.2, 0.25) is 0 Å². The van der Waals surface area contributed by atoms with Crippen molar-refractivity contribution in [1.29, 1.82) is 0 Å². The van der Waals surface area contributed by atoms with Gasteiger partial charge in [-0.15, -0.1) is 0 Å². The minimum Gasteiger partial charge on any atom is -0.381 e. The number of carbonyl (C=O) groups excluding carboxylic acids is 1. The van der Waals surface area contributed by atoms with Gasteiger partial charge in [0.1, 0.15) is 0 Å². The molecule has 1 saturated carbocycles. The second kappa shape index (κ2) is 9.30. The van der Waals surface area contributed by atoms with Crippen LogP contribution < -0.4 is 5.56 Å². The Kier molecular flexibility index (Phi) is 6.90. The summed E-state index contributed by atoms with van der Waals surface area (Å²) >= 11 is 0. The van der Waals surface area contributed by atoms with E-state index in [-0.39, 0.29) is 36.7 Å². The standard InChI is InChI=1S/C25H36F3N3O3/c1-16(2)24(7-5-19(13-24)29(4)21-6-10-34-15-17(21)3)23(33)30-8-9-31-20(14-30)11-18(12-22(31)32)25(26,27)28/h11-12,16-17,19,21H,5-10,13-15H2,1-4H3/t17-,19?,21+,24+/m1/s1. The summed E-state index contributed by atoms with van der Waals surface area (Å²) in [5.41, 5.74) is -1.91. The van der Waals surface area contributed by atoms with Gasteiger partial charge in [0.2, 0.25) is 5.91 Å². The lowest BCUT2D eigenvalue weighted by molar-refractivity contribution is -0.146. The number of pyridine rings is 1. The summed E-state index contributed by atoms with van der Waals surface area (Å²) in [5, 5.41) is 0. The number of aromatic nitrogens is 1. The Morgan fingerprint density at radius 2 is 1.97 bits per heavy atom. The molecule has 0 spiro atoms. The number of amides is 1. The monoisotopic (exact) mass is 483 g/mol. The molecule has 4 atom stereocenters. The van der Waals surface area contributed by atoms with Gasteiger partial charge in [-0.3, -0.25) is 14.5 Å². The Bertz CT molecular complexity index is 976. The van der Waals surface area contributed by atoms with Gasteiger partial charge in [-0.25, -0.2) is 0 Å². The lowest BCUT2D eigenvalue weighted by atomic mass is 9.74. The molecule has 1 aromatic heterocycles. The van der Waals surface area contributed by atoms with Crippen LogP contribution in [0, 0.1) is 17.3 Å². The van der Waals surface area contributed by atoms with Crippen molar-refractivity contribution < 1.29 is 22.7 Å². The maximum atomic E-state index is 13.9. The molecular weight excluding hydrogens is 447 g/mol. The first-order chi connectivity index (χ1) is 15.9. The number of halogens is 3. The zero-order valence-electron chi connectivity index (χ0n) is 20.5. The Hall–Kier alpha value is -1.87. The van der Waals surface area contributed by atoms with Crippen LogP contribution in [0.25, 0.3) is 0 Å². The first kappa shape index (κ1) is 25.2.